The minimum atomic E-state index is 0.256. The van der Waals surface area contributed by atoms with Gasteiger partial charge in [-0.05, 0) is 19.9 Å². The number of ether oxygens (including phenoxy) is 1. The van der Waals surface area contributed by atoms with Gasteiger partial charge in [-0.3, -0.25) is 0 Å². The van der Waals surface area contributed by atoms with E-state index < -0.39 is 0 Å². The Kier molecular flexibility index (Phi) is 4.82. The van der Waals surface area contributed by atoms with Crippen LogP contribution >= 0.6 is 0 Å². The lowest BCUT2D eigenvalue weighted by Gasteiger charge is -2.30. The lowest BCUT2D eigenvalue weighted by molar-refractivity contribution is -0.0272. The summed E-state index contributed by atoms with van der Waals surface area (Å²) in [5.41, 5.74) is 1.05. The summed E-state index contributed by atoms with van der Waals surface area (Å²) in [5.74, 6) is 1.57. The largest absolute Gasteiger partial charge is 0.374 e. The molecule has 0 amide bonds. The van der Waals surface area contributed by atoms with Gasteiger partial charge in [-0.2, -0.15) is 0 Å². The maximum atomic E-state index is 5.82. The Labute approximate surface area is 116 Å². The average Bonchev–Trinajstić information content (AvgIpc) is 2.67. The standard InChI is InChI=1S/C14H26N4O/c1-11(2)7-15-14-16-12(3)8-18(14)10-13-9-17(4)5-6-19-13/h8,11,13H,5-7,9-10H2,1-4H3,(H,15,16). The lowest BCUT2D eigenvalue weighted by Crippen LogP contribution is -2.42. The van der Waals surface area contributed by atoms with Crippen molar-refractivity contribution in [2.75, 3.05) is 38.6 Å². The van der Waals surface area contributed by atoms with E-state index in [1.54, 1.807) is 0 Å². The van der Waals surface area contributed by atoms with Gasteiger partial charge in [0.05, 0.1) is 24.9 Å². The van der Waals surface area contributed by atoms with E-state index in [4.69, 9.17) is 4.74 Å². The quantitative estimate of drug-likeness (QED) is 0.879. The molecule has 108 valence electrons. The van der Waals surface area contributed by atoms with Crippen LogP contribution < -0.4 is 5.32 Å². The zero-order valence-corrected chi connectivity index (χ0v) is 12.5. The van der Waals surface area contributed by atoms with Crippen LogP contribution in [0.15, 0.2) is 6.20 Å². The van der Waals surface area contributed by atoms with Crippen LogP contribution in [0.5, 0.6) is 0 Å². The summed E-state index contributed by atoms with van der Waals surface area (Å²) in [6, 6.07) is 0. The predicted octanol–water partition coefficient (Wildman–Crippen LogP) is 1.59. The van der Waals surface area contributed by atoms with Crippen LogP contribution in [0.4, 0.5) is 5.95 Å². The number of rotatable bonds is 5. The summed E-state index contributed by atoms with van der Waals surface area (Å²) in [4.78, 5) is 6.87. The number of hydrogen-bond donors (Lipinski definition) is 1. The van der Waals surface area contributed by atoms with Gasteiger partial charge in [0.1, 0.15) is 0 Å². The highest BCUT2D eigenvalue weighted by Gasteiger charge is 2.19. The number of morpholine rings is 1. The van der Waals surface area contributed by atoms with Crippen LogP contribution in [-0.2, 0) is 11.3 Å². The van der Waals surface area contributed by atoms with Crippen molar-refractivity contribution >= 4 is 5.95 Å². The Balaban J connectivity index is 1.98. The normalized spacial score (nSPS) is 21.0. The van der Waals surface area contributed by atoms with Crippen LogP contribution in [0.2, 0.25) is 0 Å². The van der Waals surface area contributed by atoms with E-state index in [0.29, 0.717) is 5.92 Å². The second-order valence-corrected chi connectivity index (χ2v) is 5.89. The molecule has 0 saturated carbocycles. The molecule has 1 saturated heterocycles. The van der Waals surface area contributed by atoms with Gasteiger partial charge < -0.3 is 19.5 Å². The first-order valence-electron chi connectivity index (χ1n) is 7.12. The van der Waals surface area contributed by atoms with Crippen molar-refractivity contribution < 1.29 is 4.74 Å². The Bertz CT molecular complexity index is 402. The van der Waals surface area contributed by atoms with Gasteiger partial charge >= 0.3 is 0 Å². The Morgan fingerprint density at radius 3 is 3.00 bits per heavy atom. The van der Waals surface area contributed by atoms with E-state index >= 15 is 0 Å². The molecule has 1 aliphatic rings. The van der Waals surface area contributed by atoms with Crippen LogP contribution in [0, 0.1) is 12.8 Å². The van der Waals surface area contributed by atoms with E-state index in [-0.39, 0.29) is 6.10 Å². The first-order chi connectivity index (χ1) is 9.04. The van der Waals surface area contributed by atoms with Crippen molar-refractivity contribution in [2.24, 2.45) is 5.92 Å². The molecule has 1 aromatic rings. The fourth-order valence-corrected chi connectivity index (χ4v) is 2.32. The second kappa shape index (κ2) is 6.39. The molecular weight excluding hydrogens is 240 g/mol. The van der Waals surface area contributed by atoms with Crippen molar-refractivity contribution in [3.63, 3.8) is 0 Å². The number of imidazole rings is 1. The van der Waals surface area contributed by atoms with E-state index in [0.717, 1.165) is 44.4 Å². The fourth-order valence-electron chi connectivity index (χ4n) is 2.32. The highest BCUT2D eigenvalue weighted by Crippen LogP contribution is 2.13. The van der Waals surface area contributed by atoms with Crippen molar-refractivity contribution in [2.45, 2.75) is 33.4 Å². The SMILES string of the molecule is Cc1cn(CC2CN(C)CCO2)c(NCC(C)C)n1. The summed E-state index contributed by atoms with van der Waals surface area (Å²) < 4.78 is 8.01. The highest BCUT2D eigenvalue weighted by molar-refractivity contribution is 5.28. The smallest absolute Gasteiger partial charge is 0.203 e. The summed E-state index contributed by atoms with van der Waals surface area (Å²) in [6.07, 6.45) is 2.35. The maximum Gasteiger partial charge on any atom is 0.203 e. The molecule has 2 heterocycles. The lowest BCUT2D eigenvalue weighted by atomic mass is 10.2. The first-order valence-corrected chi connectivity index (χ1v) is 7.12. The first kappa shape index (κ1) is 14.3. The molecule has 0 spiro atoms. The summed E-state index contributed by atoms with van der Waals surface area (Å²) in [6.45, 7) is 11.1. The second-order valence-electron chi connectivity index (χ2n) is 5.89. The molecule has 0 aliphatic carbocycles. The molecule has 1 aromatic heterocycles. The molecule has 1 atom stereocenters. The molecule has 0 radical (unpaired) electrons. The maximum absolute atomic E-state index is 5.82. The number of likely N-dealkylation sites (N-methyl/N-ethyl adjacent to an activating group) is 1. The average molecular weight is 266 g/mol. The molecule has 1 N–H and O–H groups in total. The number of aryl methyl sites for hydroxylation is 1. The fraction of sp³-hybridized carbons (Fsp3) is 0.786. The molecule has 1 aliphatic heterocycles. The Morgan fingerprint density at radius 2 is 2.32 bits per heavy atom. The van der Waals surface area contributed by atoms with Gasteiger partial charge in [-0.1, -0.05) is 13.8 Å². The number of anilines is 1. The number of aromatic nitrogens is 2. The summed E-state index contributed by atoms with van der Waals surface area (Å²) in [7, 11) is 2.15. The van der Waals surface area contributed by atoms with Crippen molar-refractivity contribution in [3.8, 4) is 0 Å². The predicted molar refractivity (Wildman–Crippen MR) is 77.5 cm³/mol. The van der Waals surface area contributed by atoms with Crippen LogP contribution in [-0.4, -0.2) is 53.8 Å². The molecule has 2 rings (SSSR count). The highest BCUT2D eigenvalue weighted by atomic mass is 16.5. The summed E-state index contributed by atoms with van der Waals surface area (Å²) in [5, 5.41) is 3.42. The van der Waals surface area contributed by atoms with Gasteiger partial charge in [-0.15, -0.1) is 0 Å². The molecule has 0 aromatic carbocycles. The summed E-state index contributed by atoms with van der Waals surface area (Å²) >= 11 is 0. The van der Waals surface area contributed by atoms with Gasteiger partial charge in [0.25, 0.3) is 0 Å². The molecule has 19 heavy (non-hydrogen) atoms. The van der Waals surface area contributed by atoms with E-state index in [2.05, 4.69) is 46.9 Å². The molecule has 1 fully saturated rings. The van der Waals surface area contributed by atoms with Gasteiger partial charge in [-0.25, -0.2) is 4.98 Å². The zero-order chi connectivity index (χ0) is 13.8. The zero-order valence-electron chi connectivity index (χ0n) is 12.5. The monoisotopic (exact) mass is 266 g/mol. The molecule has 1 unspecified atom stereocenters. The van der Waals surface area contributed by atoms with E-state index in [9.17, 15) is 0 Å². The van der Waals surface area contributed by atoms with Gasteiger partial charge in [0.2, 0.25) is 5.95 Å². The topological polar surface area (TPSA) is 42.3 Å². The van der Waals surface area contributed by atoms with Gasteiger partial charge in [0.15, 0.2) is 0 Å². The van der Waals surface area contributed by atoms with Crippen LogP contribution in [0.25, 0.3) is 0 Å². The number of hydrogen-bond acceptors (Lipinski definition) is 4. The minimum absolute atomic E-state index is 0.256. The third-order valence-electron chi connectivity index (χ3n) is 3.31. The minimum Gasteiger partial charge on any atom is -0.374 e. The van der Waals surface area contributed by atoms with Crippen LogP contribution in [0.1, 0.15) is 19.5 Å². The molecule has 0 bridgehead atoms. The Morgan fingerprint density at radius 1 is 1.53 bits per heavy atom. The third-order valence-corrected chi connectivity index (χ3v) is 3.31. The molecular formula is C14H26N4O. The van der Waals surface area contributed by atoms with Crippen molar-refractivity contribution in [1.82, 2.24) is 14.5 Å². The third kappa shape index (κ3) is 4.21. The van der Waals surface area contributed by atoms with Crippen molar-refractivity contribution in [1.29, 1.82) is 0 Å². The number of nitrogens with one attached hydrogen (secondary N) is 1. The molecule has 5 nitrogen and oxygen atoms in total. The van der Waals surface area contributed by atoms with E-state index in [1.807, 2.05) is 6.92 Å². The van der Waals surface area contributed by atoms with Gasteiger partial charge in [0, 0.05) is 25.8 Å². The van der Waals surface area contributed by atoms with E-state index in [1.165, 1.54) is 0 Å². The Hall–Kier alpha value is -1.07. The van der Waals surface area contributed by atoms with Crippen LogP contribution in [0.3, 0.4) is 0 Å². The van der Waals surface area contributed by atoms with Crippen molar-refractivity contribution in [3.05, 3.63) is 11.9 Å². The number of nitrogens with zero attached hydrogens (tertiary/aromatic N) is 3. The molecule has 5 heteroatoms.